The molecule has 1 aromatic rings. The molecule has 0 radical (unpaired) electrons. The number of hydrogen-bond acceptors (Lipinski definition) is 2. The summed E-state index contributed by atoms with van der Waals surface area (Å²) in [5.74, 6) is 0.921. The normalized spacial score (nSPS) is 18.2. The van der Waals surface area contributed by atoms with Crippen LogP contribution in [-0.2, 0) is 6.42 Å². The lowest BCUT2D eigenvalue weighted by atomic mass is 9.75. The number of aliphatic imine (C=N–C) groups is 1. The molecule has 4 nitrogen and oxygen atoms in total. The molecule has 1 fully saturated rings. The second-order valence-electron chi connectivity index (χ2n) is 7.14. The zero-order valence-electron chi connectivity index (χ0n) is 14.9. The highest BCUT2D eigenvalue weighted by molar-refractivity contribution is 14.0. The average molecular weight is 430 g/mol. The topological polar surface area (TPSA) is 49.3 Å². The first-order valence-electron chi connectivity index (χ1n) is 8.37. The van der Waals surface area contributed by atoms with E-state index in [-0.39, 0.29) is 24.0 Å². The second kappa shape index (κ2) is 9.45. The number of nitrogens with one attached hydrogen (secondary N) is 2. The highest BCUT2D eigenvalue weighted by atomic mass is 127. The molecule has 0 bridgehead atoms. The third-order valence-electron chi connectivity index (χ3n) is 4.58. The van der Waals surface area contributed by atoms with Gasteiger partial charge in [0, 0.05) is 31.5 Å². The highest BCUT2D eigenvalue weighted by Crippen LogP contribution is 2.34. The predicted molar refractivity (Wildman–Crippen MR) is 109 cm³/mol. The minimum atomic E-state index is 0. The number of pyridine rings is 1. The smallest absolute Gasteiger partial charge is 0.191 e. The van der Waals surface area contributed by atoms with E-state index in [0.29, 0.717) is 11.5 Å². The molecule has 0 unspecified atom stereocenters. The molecule has 2 rings (SSSR count). The Morgan fingerprint density at radius 2 is 2.00 bits per heavy atom. The van der Waals surface area contributed by atoms with Gasteiger partial charge in [0.05, 0.1) is 0 Å². The Kier molecular flexibility index (Phi) is 8.29. The van der Waals surface area contributed by atoms with Crippen molar-refractivity contribution in [3.8, 4) is 0 Å². The number of halogens is 1. The molecule has 2 N–H and O–H groups in total. The first-order valence-corrected chi connectivity index (χ1v) is 8.37. The average Bonchev–Trinajstić information content (AvgIpc) is 2.50. The molecule has 0 amide bonds. The van der Waals surface area contributed by atoms with Gasteiger partial charge in [0.15, 0.2) is 5.96 Å². The fourth-order valence-corrected chi connectivity index (χ4v) is 2.90. The van der Waals surface area contributed by atoms with Gasteiger partial charge in [0.1, 0.15) is 0 Å². The number of aromatic nitrogens is 1. The van der Waals surface area contributed by atoms with E-state index in [1.807, 2.05) is 20.2 Å². The molecular formula is C18H31IN4. The number of rotatable bonds is 4. The van der Waals surface area contributed by atoms with Crippen LogP contribution in [0.3, 0.4) is 0 Å². The van der Waals surface area contributed by atoms with E-state index >= 15 is 0 Å². The number of nitrogens with zero attached hydrogens (tertiary/aromatic N) is 2. The molecular weight excluding hydrogens is 399 g/mol. The maximum absolute atomic E-state index is 4.34. The van der Waals surface area contributed by atoms with Crippen molar-refractivity contribution in [3.05, 3.63) is 29.6 Å². The van der Waals surface area contributed by atoms with Gasteiger partial charge in [0.25, 0.3) is 0 Å². The molecule has 0 atom stereocenters. The van der Waals surface area contributed by atoms with E-state index in [2.05, 4.69) is 46.6 Å². The van der Waals surface area contributed by atoms with Crippen molar-refractivity contribution in [1.82, 2.24) is 15.6 Å². The van der Waals surface area contributed by atoms with Gasteiger partial charge in [-0.1, -0.05) is 19.9 Å². The number of aryl methyl sites for hydroxylation is 1. The van der Waals surface area contributed by atoms with Gasteiger partial charge in [-0.05, 0) is 56.1 Å². The Bertz CT molecular complexity index is 486. The van der Waals surface area contributed by atoms with Crippen LogP contribution in [0.4, 0.5) is 0 Å². The number of hydrogen-bond donors (Lipinski definition) is 2. The van der Waals surface area contributed by atoms with E-state index in [1.165, 1.54) is 31.2 Å². The summed E-state index contributed by atoms with van der Waals surface area (Å²) < 4.78 is 0. The van der Waals surface area contributed by atoms with Crippen LogP contribution >= 0.6 is 24.0 Å². The van der Waals surface area contributed by atoms with Crippen LogP contribution in [0.1, 0.15) is 50.8 Å². The Morgan fingerprint density at radius 1 is 1.30 bits per heavy atom. The van der Waals surface area contributed by atoms with E-state index in [0.717, 1.165) is 24.6 Å². The van der Waals surface area contributed by atoms with Crippen molar-refractivity contribution < 1.29 is 0 Å². The lowest BCUT2D eigenvalue weighted by Gasteiger charge is -2.35. The van der Waals surface area contributed by atoms with E-state index in [1.54, 1.807) is 0 Å². The Labute approximate surface area is 158 Å². The van der Waals surface area contributed by atoms with Crippen molar-refractivity contribution in [2.45, 2.75) is 58.9 Å². The zero-order valence-corrected chi connectivity index (χ0v) is 17.2. The Morgan fingerprint density at radius 3 is 2.57 bits per heavy atom. The maximum Gasteiger partial charge on any atom is 0.191 e. The van der Waals surface area contributed by atoms with Crippen molar-refractivity contribution in [3.63, 3.8) is 0 Å². The van der Waals surface area contributed by atoms with Gasteiger partial charge in [0.2, 0.25) is 0 Å². The third-order valence-corrected chi connectivity index (χ3v) is 4.58. The first-order chi connectivity index (χ1) is 10.5. The largest absolute Gasteiger partial charge is 0.356 e. The van der Waals surface area contributed by atoms with Crippen molar-refractivity contribution in [2.24, 2.45) is 10.4 Å². The molecule has 1 aliphatic rings. The van der Waals surface area contributed by atoms with Crippen LogP contribution in [0.2, 0.25) is 0 Å². The van der Waals surface area contributed by atoms with Gasteiger partial charge in [-0.3, -0.25) is 9.98 Å². The van der Waals surface area contributed by atoms with Crippen LogP contribution in [0.15, 0.2) is 23.3 Å². The summed E-state index contributed by atoms with van der Waals surface area (Å²) in [6.07, 6.45) is 7.96. The summed E-state index contributed by atoms with van der Waals surface area (Å²) in [6.45, 7) is 7.62. The molecule has 5 heteroatoms. The van der Waals surface area contributed by atoms with Gasteiger partial charge in [-0.15, -0.1) is 24.0 Å². The van der Waals surface area contributed by atoms with Crippen LogP contribution in [0, 0.1) is 12.3 Å². The number of guanidine groups is 1. The Hall–Kier alpha value is -0.850. The van der Waals surface area contributed by atoms with Crippen molar-refractivity contribution in [1.29, 1.82) is 0 Å². The summed E-state index contributed by atoms with van der Waals surface area (Å²) in [6, 6.07) is 4.76. The fourth-order valence-electron chi connectivity index (χ4n) is 2.90. The molecule has 23 heavy (non-hydrogen) atoms. The molecule has 0 spiro atoms. The molecule has 1 saturated carbocycles. The first kappa shape index (κ1) is 20.2. The predicted octanol–water partition coefficient (Wildman–Crippen LogP) is 3.68. The minimum absolute atomic E-state index is 0. The van der Waals surface area contributed by atoms with E-state index in [9.17, 15) is 0 Å². The van der Waals surface area contributed by atoms with Gasteiger partial charge >= 0.3 is 0 Å². The summed E-state index contributed by atoms with van der Waals surface area (Å²) in [5, 5.41) is 6.97. The quantitative estimate of drug-likeness (QED) is 0.435. The third kappa shape index (κ3) is 7.06. The summed E-state index contributed by atoms with van der Waals surface area (Å²) in [4.78, 5) is 8.67. The lowest BCUT2D eigenvalue weighted by Crippen LogP contribution is -2.46. The highest BCUT2D eigenvalue weighted by Gasteiger charge is 2.26. The lowest BCUT2D eigenvalue weighted by molar-refractivity contribution is 0.216. The molecule has 0 saturated heterocycles. The van der Waals surface area contributed by atoms with E-state index in [4.69, 9.17) is 0 Å². The maximum atomic E-state index is 4.34. The van der Waals surface area contributed by atoms with Gasteiger partial charge in [-0.2, -0.15) is 0 Å². The van der Waals surface area contributed by atoms with Crippen LogP contribution < -0.4 is 10.6 Å². The monoisotopic (exact) mass is 430 g/mol. The zero-order chi connectivity index (χ0) is 16.0. The Balaban J connectivity index is 0.00000264. The molecule has 0 aliphatic heterocycles. The SMILES string of the molecule is CN=C(NCCc1ccc(C)nc1)NC1CCC(C)(C)CC1.I. The molecule has 130 valence electrons. The summed E-state index contributed by atoms with van der Waals surface area (Å²) >= 11 is 0. The summed E-state index contributed by atoms with van der Waals surface area (Å²) in [5.41, 5.74) is 2.83. The molecule has 1 heterocycles. The minimum Gasteiger partial charge on any atom is -0.356 e. The van der Waals surface area contributed by atoms with Crippen LogP contribution in [0.5, 0.6) is 0 Å². The van der Waals surface area contributed by atoms with E-state index < -0.39 is 0 Å². The molecule has 1 aromatic heterocycles. The molecule has 1 aliphatic carbocycles. The fraction of sp³-hybridized carbons (Fsp3) is 0.667. The van der Waals surface area contributed by atoms with Crippen LogP contribution in [-0.4, -0.2) is 30.6 Å². The van der Waals surface area contributed by atoms with Crippen LogP contribution in [0.25, 0.3) is 0 Å². The second-order valence-corrected chi connectivity index (χ2v) is 7.14. The van der Waals surface area contributed by atoms with Crippen molar-refractivity contribution >= 4 is 29.9 Å². The van der Waals surface area contributed by atoms with Gasteiger partial charge in [-0.25, -0.2) is 0 Å². The van der Waals surface area contributed by atoms with Crippen molar-refractivity contribution in [2.75, 3.05) is 13.6 Å². The standard InChI is InChI=1S/C18H30N4.HI/c1-14-5-6-15(13-21-14)9-12-20-17(19-4)22-16-7-10-18(2,3)11-8-16;/h5-6,13,16H,7-12H2,1-4H3,(H2,19,20,22);1H. The summed E-state index contributed by atoms with van der Waals surface area (Å²) in [7, 11) is 1.84. The molecule has 0 aromatic carbocycles. The van der Waals surface area contributed by atoms with Gasteiger partial charge < -0.3 is 10.6 Å².